The van der Waals surface area contributed by atoms with Gasteiger partial charge in [-0.05, 0) is 42.7 Å². The predicted molar refractivity (Wildman–Crippen MR) is 140 cm³/mol. The summed E-state index contributed by atoms with van der Waals surface area (Å²) in [6.07, 6.45) is 0. The lowest BCUT2D eigenvalue weighted by Crippen LogP contribution is -2.47. The van der Waals surface area contributed by atoms with Gasteiger partial charge in [-0.25, -0.2) is 4.79 Å². The van der Waals surface area contributed by atoms with Gasteiger partial charge in [-0.3, -0.25) is 23.8 Å². The number of nitrogens with zero attached hydrogens (tertiary/aromatic N) is 5. The molecule has 8 nitrogen and oxygen atoms in total. The fourth-order valence-electron chi connectivity index (χ4n) is 4.75. The van der Waals surface area contributed by atoms with E-state index in [0.717, 1.165) is 38.3 Å². The summed E-state index contributed by atoms with van der Waals surface area (Å²) in [5.74, 6) is 0.693. The minimum absolute atomic E-state index is 0.383. The molecule has 0 saturated carbocycles. The Morgan fingerprint density at radius 1 is 1.00 bits per heavy atom. The van der Waals surface area contributed by atoms with Crippen molar-refractivity contribution in [1.29, 1.82) is 0 Å². The number of aromatic nitrogens is 4. The highest BCUT2D eigenvalue weighted by Crippen LogP contribution is 2.24. The Labute approximate surface area is 208 Å². The smallest absolute Gasteiger partial charge is 0.329 e. The van der Waals surface area contributed by atoms with Gasteiger partial charge in [0.05, 0.1) is 6.54 Å². The van der Waals surface area contributed by atoms with Crippen molar-refractivity contribution in [3.63, 3.8) is 0 Å². The van der Waals surface area contributed by atoms with Gasteiger partial charge in [0, 0.05) is 44.8 Å². The molecule has 0 spiro atoms. The maximum Gasteiger partial charge on any atom is 0.329 e. The van der Waals surface area contributed by atoms with Crippen molar-refractivity contribution in [2.45, 2.75) is 26.9 Å². The third-order valence-electron chi connectivity index (χ3n) is 6.77. The molecule has 2 aromatic carbocycles. The molecule has 3 heterocycles. The number of anilines is 1. The highest BCUT2D eigenvalue weighted by Gasteiger charge is 2.25. The second-order valence-electron chi connectivity index (χ2n) is 9.31. The Kier molecular flexibility index (Phi) is 6.25. The summed E-state index contributed by atoms with van der Waals surface area (Å²) < 4.78 is 3.30. The molecule has 1 fully saturated rings. The van der Waals surface area contributed by atoms with Crippen LogP contribution in [0.1, 0.15) is 22.3 Å². The number of piperazine rings is 1. The van der Waals surface area contributed by atoms with E-state index in [-0.39, 0.29) is 0 Å². The van der Waals surface area contributed by atoms with E-state index in [4.69, 9.17) is 16.6 Å². The van der Waals surface area contributed by atoms with Crippen LogP contribution in [0.4, 0.5) is 5.95 Å². The zero-order chi connectivity index (χ0) is 24.7. The van der Waals surface area contributed by atoms with Crippen LogP contribution >= 0.6 is 11.6 Å². The van der Waals surface area contributed by atoms with Crippen LogP contribution < -0.4 is 16.1 Å². The van der Waals surface area contributed by atoms with Crippen LogP contribution in [0.25, 0.3) is 11.2 Å². The van der Waals surface area contributed by atoms with Gasteiger partial charge in [0.1, 0.15) is 0 Å². The minimum atomic E-state index is -0.472. The molecule has 5 rings (SSSR count). The summed E-state index contributed by atoms with van der Waals surface area (Å²) in [5, 5.41) is 0.634. The number of rotatable bonds is 5. The molecule has 35 heavy (non-hydrogen) atoms. The Morgan fingerprint density at radius 2 is 1.77 bits per heavy atom. The lowest BCUT2D eigenvalue weighted by molar-refractivity contribution is 0.248. The summed E-state index contributed by atoms with van der Waals surface area (Å²) in [7, 11) is 1.63. The first kappa shape index (κ1) is 23.4. The lowest BCUT2D eigenvalue weighted by atomic mass is 10.0. The van der Waals surface area contributed by atoms with E-state index in [1.165, 1.54) is 21.3 Å². The van der Waals surface area contributed by atoms with Gasteiger partial charge in [0.15, 0.2) is 11.2 Å². The van der Waals surface area contributed by atoms with Crippen LogP contribution in [0, 0.1) is 13.8 Å². The lowest BCUT2D eigenvalue weighted by Gasteiger charge is -2.35. The van der Waals surface area contributed by atoms with Gasteiger partial charge in [-0.15, -0.1) is 0 Å². The van der Waals surface area contributed by atoms with Gasteiger partial charge in [0.2, 0.25) is 5.95 Å². The van der Waals surface area contributed by atoms with Crippen LogP contribution in [0.5, 0.6) is 0 Å². The molecule has 4 aromatic rings. The van der Waals surface area contributed by atoms with Crippen molar-refractivity contribution < 1.29 is 0 Å². The number of fused-ring (bicyclic) bond motifs is 1. The maximum absolute atomic E-state index is 12.9. The first-order valence-electron chi connectivity index (χ1n) is 11.8. The Bertz CT molecular complexity index is 1510. The van der Waals surface area contributed by atoms with E-state index in [1.807, 2.05) is 28.8 Å². The van der Waals surface area contributed by atoms with Crippen molar-refractivity contribution in [2.75, 3.05) is 31.1 Å². The van der Waals surface area contributed by atoms with E-state index in [1.54, 1.807) is 7.05 Å². The SMILES string of the molecule is Cc1ccc(C)c(CN2CCN(c3nc4c(c(=O)[nH]c(=O)n4C)n3Cc3cccc(Cl)c3)CC2)c1. The Morgan fingerprint density at radius 3 is 2.51 bits per heavy atom. The van der Waals surface area contributed by atoms with Gasteiger partial charge >= 0.3 is 5.69 Å². The van der Waals surface area contributed by atoms with Gasteiger partial charge in [0.25, 0.3) is 5.56 Å². The summed E-state index contributed by atoms with van der Waals surface area (Å²) in [4.78, 5) is 37.0. The standard InChI is InChI=1S/C26H29ClN6O2/c1-17-7-8-18(2)20(13-17)16-31-9-11-32(12-10-31)25-28-23-22(24(34)29-26(35)30(23)3)33(25)15-19-5-4-6-21(27)14-19/h4-8,13-14H,9-12,15-16H2,1-3H3,(H,29,34,35). The second kappa shape index (κ2) is 9.36. The third-order valence-corrected chi connectivity index (χ3v) is 7.01. The van der Waals surface area contributed by atoms with Crippen molar-refractivity contribution in [2.24, 2.45) is 7.05 Å². The number of hydrogen-bond donors (Lipinski definition) is 1. The largest absolute Gasteiger partial charge is 0.340 e. The number of hydrogen-bond acceptors (Lipinski definition) is 5. The number of imidazole rings is 1. The predicted octanol–water partition coefficient (Wildman–Crippen LogP) is 3.06. The molecule has 0 amide bonds. The van der Waals surface area contributed by atoms with Crippen molar-refractivity contribution in [1.82, 2.24) is 24.0 Å². The fourth-order valence-corrected chi connectivity index (χ4v) is 4.96. The molecule has 0 radical (unpaired) electrons. The van der Waals surface area contributed by atoms with Crippen molar-refractivity contribution >= 4 is 28.7 Å². The maximum atomic E-state index is 12.9. The number of halogens is 1. The Hall–Kier alpha value is -3.36. The monoisotopic (exact) mass is 492 g/mol. The fraction of sp³-hybridized carbons (Fsp3) is 0.346. The van der Waals surface area contributed by atoms with Crippen molar-refractivity contribution in [3.05, 3.63) is 90.6 Å². The number of aryl methyl sites for hydroxylation is 3. The average Bonchev–Trinajstić information content (AvgIpc) is 3.20. The van der Waals surface area contributed by atoms with Crippen LogP contribution in [0.3, 0.4) is 0 Å². The van der Waals surface area contributed by atoms with Gasteiger partial charge in [-0.1, -0.05) is 47.5 Å². The molecular formula is C26H29ClN6O2. The third kappa shape index (κ3) is 4.63. The average molecular weight is 493 g/mol. The quantitative estimate of drug-likeness (QED) is 0.463. The van der Waals surface area contributed by atoms with E-state index in [0.29, 0.717) is 28.7 Å². The van der Waals surface area contributed by atoms with Crippen molar-refractivity contribution in [3.8, 4) is 0 Å². The zero-order valence-electron chi connectivity index (χ0n) is 20.2. The molecule has 1 aliphatic heterocycles. The molecule has 1 saturated heterocycles. The van der Waals surface area contributed by atoms with Gasteiger partial charge < -0.3 is 4.90 Å². The normalized spacial score (nSPS) is 14.7. The summed E-state index contributed by atoms with van der Waals surface area (Å²) in [5.41, 5.74) is 4.76. The second-order valence-corrected chi connectivity index (χ2v) is 9.75. The zero-order valence-corrected chi connectivity index (χ0v) is 21.0. The molecule has 182 valence electrons. The van der Waals surface area contributed by atoms with Crippen LogP contribution in [0.15, 0.2) is 52.1 Å². The van der Waals surface area contributed by atoms with E-state index in [2.05, 4.69) is 46.8 Å². The Balaban J connectivity index is 1.46. The minimum Gasteiger partial charge on any atom is -0.340 e. The molecule has 0 aliphatic carbocycles. The highest BCUT2D eigenvalue weighted by molar-refractivity contribution is 6.30. The van der Waals surface area contributed by atoms with E-state index < -0.39 is 11.2 Å². The summed E-state index contributed by atoms with van der Waals surface area (Å²) in [6, 6.07) is 14.2. The number of nitrogens with one attached hydrogen (secondary N) is 1. The molecule has 1 aliphatic rings. The number of aromatic amines is 1. The molecule has 1 N–H and O–H groups in total. The molecule has 0 bridgehead atoms. The molecular weight excluding hydrogens is 464 g/mol. The summed E-state index contributed by atoms with van der Waals surface area (Å²) >= 11 is 6.22. The molecule has 0 atom stereocenters. The van der Waals surface area contributed by atoms with E-state index >= 15 is 0 Å². The molecule has 2 aromatic heterocycles. The van der Waals surface area contributed by atoms with Crippen LogP contribution in [-0.4, -0.2) is 50.2 Å². The summed E-state index contributed by atoms with van der Waals surface area (Å²) in [6.45, 7) is 8.92. The number of H-pyrrole nitrogens is 1. The molecule has 9 heteroatoms. The topological polar surface area (TPSA) is 79.2 Å². The van der Waals surface area contributed by atoms with E-state index in [9.17, 15) is 9.59 Å². The highest BCUT2D eigenvalue weighted by atomic mass is 35.5. The first-order valence-corrected chi connectivity index (χ1v) is 12.2. The van der Waals surface area contributed by atoms with Gasteiger partial charge in [-0.2, -0.15) is 4.98 Å². The van der Waals surface area contributed by atoms with Crippen LogP contribution in [-0.2, 0) is 20.1 Å². The van der Waals surface area contributed by atoms with Crippen LogP contribution in [0.2, 0.25) is 5.02 Å². The number of benzene rings is 2. The first-order chi connectivity index (χ1) is 16.8. The molecule has 0 unspecified atom stereocenters.